The predicted molar refractivity (Wildman–Crippen MR) is 114 cm³/mol. The third kappa shape index (κ3) is 6.53. The van der Waals surface area contributed by atoms with E-state index in [1.54, 1.807) is 6.07 Å². The Labute approximate surface area is 175 Å². The van der Waals surface area contributed by atoms with Crippen molar-refractivity contribution in [2.45, 2.75) is 25.0 Å². The van der Waals surface area contributed by atoms with E-state index in [1.165, 1.54) is 0 Å². The molecule has 0 saturated heterocycles. The van der Waals surface area contributed by atoms with Crippen LogP contribution in [-0.4, -0.2) is 72.7 Å². The van der Waals surface area contributed by atoms with Crippen LogP contribution in [0.5, 0.6) is 0 Å². The summed E-state index contributed by atoms with van der Waals surface area (Å²) in [7, 11) is 3.90. The van der Waals surface area contributed by atoms with E-state index in [1.807, 2.05) is 55.4 Å². The smallest absolute Gasteiger partial charge is 0.290 e. The second kappa shape index (κ2) is 11.3. The highest BCUT2D eigenvalue weighted by molar-refractivity contribution is 5.98. The van der Waals surface area contributed by atoms with Gasteiger partial charge in [-0.1, -0.05) is 30.3 Å². The summed E-state index contributed by atoms with van der Waals surface area (Å²) >= 11 is 0. The monoisotopic (exact) mass is 415 g/mol. The molecule has 0 unspecified atom stereocenters. The van der Waals surface area contributed by atoms with Crippen LogP contribution in [0.3, 0.4) is 0 Å². The molecule has 0 heterocycles. The molecule has 30 heavy (non-hydrogen) atoms. The first-order valence-corrected chi connectivity index (χ1v) is 9.83. The first kappa shape index (κ1) is 23.3. The van der Waals surface area contributed by atoms with Gasteiger partial charge in [-0.15, -0.1) is 0 Å². The molecule has 4 N–H and O–H groups in total. The summed E-state index contributed by atoms with van der Waals surface area (Å²) in [5, 5.41) is 25.0. The van der Waals surface area contributed by atoms with Crippen LogP contribution >= 0.6 is 0 Å². The molecule has 0 aromatic heterocycles. The molecule has 1 aliphatic rings. The Morgan fingerprint density at radius 3 is 2.47 bits per heavy atom. The number of amides is 2. The van der Waals surface area contributed by atoms with Gasteiger partial charge in [-0.25, -0.2) is 0 Å². The third-order valence-corrected chi connectivity index (χ3v) is 5.09. The fraction of sp³-hybridized carbons (Fsp3) is 0.409. The molecule has 0 aliphatic heterocycles. The molecule has 3 atom stereocenters. The normalized spacial score (nSPS) is 20.3. The van der Waals surface area contributed by atoms with E-state index in [4.69, 9.17) is 9.90 Å². The van der Waals surface area contributed by atoms with Gasteiger partial charge in [-0.2, -0.15) is 0 Å². The third-order valence-electron chi connectivity index (χ3n) is 5.09. The van der Waals surface area contributed by atoms with Crippen LogP contribution < -0.4 is 10.6 Å². The van der Waals surface area contributed by atoms with Crippen molar-refractivity contribution >= 4 is 29.1 Å². The Morgan fingerprint density at radius 2 is 1.80 bits per heavy atom. The van der Waals surface area contributed by atoms with E-state index in [0.717, 1.165) is 17.3 Å². The van der Waals surface area contributed by atoms with Crippen molar-refractivity contribution in [3.63, 3.8) is 0 Å². The summed E-state index contributed by atoms with van der Waals surface area (Å²) in [6.07, 6.45) is 0.115. The highest BCUT2D eigenvalue weighted by Crippen LogP contribution is 2.27. The van der Waals surface area contributed by atoms with Gasteiger partial charge in [0.2, 0.25) is 5.91 Å². The van der Waals surface area contributed by atoms with Gasteiger partial charge in [0.25, 0.3) is 12.4 Å². The topological polar surface area (TPSA) is 119 Å². The summed E-state index contributed by atoms with van der Waals surface area (Å²) in [5.74, 6) is -0.555. The second-order valence-corrected chi connectivity index (χ2v) is 7.58. The Morgan fingerprint density at radius 1 is 1.13 bits per heavy atom. The molecule has 162 valence electrons. The number of carbonyl (C=O) groups is 3. The Hall–Kier alpha value is -2.97. The standard InChI is InChI=1S/C21H27N3O3.CH2O2/c1-24(2)10-9-22-20(26)17-12-18(19(25)13-17)23-21(27)16-8-7-14-5-3-4-6-15(14)11-16;2-1-3/h3-8,11,17-19,25H,9-10,12-13H2,1-2H3,(H,22,26)(H,23,27);1H,(H,2,3)/t17-,18+,19+;/m0./s1. The number of fused-ring (bicyclic) bond motifs is 1. The zero-order valence-electron chi connectivity index (χ0n) is 17.2. The number of hydrogen-bond acceptors (Lipinski definition) is 5. The van der Waals surface area contributed by atoms with Crippen molar-refractivity contribution in [3.8, 4) is 0 Å². The lowest BCUT2D eigenvalue weighted by atomic mass is 10.1. The van der Waals surface area contributed by atoms with Gasteiger partial charge in [0.1, 0.15) is 0 Å². The lowest BCUT2D eigenvalue weighted by Gasteiger charge is -2.16. The number of aliphatic hydroxyl groups excluding tert-OH is 1. The number of hydrogen-bond donors (Lipinski definition) is 4. The fourth-order valence-corrected chi connectivity index (χ4v) is 3.51. The van der Waals surface area contributed by atoms with Crippen molar-refractivity contribution < 1.29 is 24.6 Å². The zero-order valence-corrected chi connectivity index (χ0v) is 17.2. The van der Waals surface area contributed by atoms with Crippen LogP contribution in [-0.2, 0) is 9.59 Å². The van der Waals surface area contributed by atoms with Crippen LogP contribution in [0, 0.1) is 5.92 Å². The highest BCUT2D eigenvalue weighted by Gasteiger charge is 2.37. The minimum atomic E-state index is -0.709. The minimum Gasteiger partial charge on any atom is -0.483 e. The van der Waals surface area contributed by atoms with Crippen molar-refractivity contribution in [2.75, 3.05) is 27.2 Å². The molecule has 2 aromatic rings. The maximum absolute atomic E-state index is 12.6. The number of benzene rings is 2. The number of carbonyl (C=O) groups excluding carboxylic acids is 2. The number of rotatable bonds is 6. The largest absolute Gasteiger partial charge is 0.483 e. The number of likely N-dealkylation sites (N-methyl/N-ethyl adjacent to an activating group) is 1. The lowest BCUT2D eigenvalue weighted by Crippen LogP contribution is -2.40. The molecule has 8 heteroatoms. The molecule has 0 spiro atoms. The fourth-order valence-electron chi connectivity index (χ4n) is 3.51. The maximum Gasteiger partial charge on any atom is 0.290 e. The first-order chi connectivity index (χ1) is 14.3. The molecule has 1 fully saturated rings. The predicted octanol–water partition coefficient (Wildman–Crippen LogP) is 1.09. The zero-order chi connectivity index (χ0) is 22.1. The molecular weight excluding hydrogens is 386 g/mol. The molecular formula is C22H29N3O5. The van der Waals surface area contributed by atoms with Crippen LogP contribution in [0.2, 0.25) is 0 Å². The Kier molecular flexibility index (Phi) is 8.76. The summed E-state index contributed by atoms with van der Waals surface area (Å²) in [6.45, 7) is 1.09. The van der Waals surface area contributed by atoms with Gasteiger partial charge in [-0.3, -0.25) is 14.4 Å². The van der Waals surface area contributed by atoms with Gasteiger partial charge in [0.05, 0.1) is 12.1 Å². The summed E-state index contributed by atoms with van der Waals surface area (Å²) in [6, 6.07) is 13.0. The number of aliphatic hydroxyl groups is 1. The molecule has 2 amide bonds. The number of nitrogens with one attached hydrogen (secondary N) is 2. The molecule has 2 aromatic carbocycles. The minimum absolute atomic E-state index is 0.0571. The van der Waals surface area contributed by atoms with Gasteiger partial charge < -0.3 is 25.7 Å². The second-order valence-electron chi connectivity index (χ2n) is 7.58. The number of carboxylic acid groups (broad SMARTS) is 1. The summed E-state index contributed by atoms with van der Waals surface area (Å²) < 4.78 is 0. The van der Waals surface area contributed by atoms with Crippen LogP contribution in [0.4, 0.5) is 0 Å². The van der Waals surface area contributed by atoms with E-state index in [9.17, 15) is 14.7 Å². The van der Waals surface area contributed by atoms with Crippen molar-refractivity contribution in [2.24, 2.45) is 5.92 Å². The average molecular weight is 415 g/mol. The van der Waals surface area contributed by atoms with Gasteiger partial charge in [-0.05, 0) is 49.8 Å². The molecule has 0 radical (unpaired) electrons. The molecule has 1 saturated carbocycles. The quantitative estimate of drug-likeness (QED) is 0.525. The van der Waals surface area contributed by atoms with Crippen molar-refractivity contribution in [3.05, 3.63) is 48.0 Å². The van der Waals surface area contributed by atoms with Crippen LogP contribution in [0.25, 0.3) is 10.8 Å². The Bertz CT molecular complexity index is 871. The molecule has 3 rings (SSSR count). The van der Waals surface area contributed by atoms with E-state index in [0.29, 0.717) is 24.9 Å². The van der Waals surface area contributed by atoms with Crippen molar-refractivity contribution in [1.29, 1.82) is 0 Å². The summed E-state index contributed by atoms with van der Waals surface area (Å²) in [4.78, 5) is 35.2. The van der Waals surface area contributed by atoms with E-state index in [2.05, 4.69) is 10.6 Å². The summed E-state index contributed by atoms with van der Waals surface area (Å²) in [5.41, 5.74) is 0.555. The Balaban J connectivity index is 0.00000101. The maximum atomic E-state index is 12.6. The van der Waals surface area contributed by atoms with Gasteiger partial charge in [0, 0.05) is 24.6 Å². The SMILES string of the molecule is CN(C)CCNC(=O)[C@@H]1C[C@@H](O)[C@H](NC(=O)c2ccc3ccccc3c2)C1.O=CO. The average Bonchev–Trinajstić information content (AvgIpc) is 3.08. The number of nitrogens with zero attached hydrogens (tertiary/aromatic N) is 1. The molecule has 1 aliphatic carbocycles. The van der Waals surface area contributed by atoms with E-state index < -0.39 is 12.1 Å². The van der Waals surface area contributed by atoms with Gasteiger partial charge >= 0.3 is 0 Å². The van der Waals surface area contributed by atoms with Crippen LogP contribution in [0.15, 0.2) is 42.5 Å². The highest BCUT2D eigenvalue weighted by atomic mass is 16.3. The lowest BCUT2D eigenvalue weighted by molar-refractivity contribution is -0.125. The molecule has 0 bridgehead atoms. The first-order valence-electron chi connectivity index (χ1n) is 9.83. The van der Waals surface area contributed by atoms with E-state index >= 15 is 0 Å². The van der Waals surface area contributed by atoms with Gasteiger partial charge in [0.15, 0.2) is 0 Å². The van der Waals surface area contributed by atoms with E-state index in [-0.39, 0.29) is 24.2 Å². The van der Waals surface area contributed by atoms with Crippen molar-refractivity contribution in [1.82, 2.24) is 15.5 Å². The van der Waals surface area contributed by atoms with Crippen LogP contribution in [0.1, 0.15) is 23.2 Å². The molecule has 8 nitrogen and oxygen atoms in total.